The van der Waals surface area contributed by atoms with E-state index in [4.69, 9.17) is 0 Å². The number of benzene rings is 1. The van der Waals surface area contributed by atoms with Crippen LogP contribution in [0.25, 0.3) is 0 Å². The second-order valence-corrected chi connectivity index (χ2v) is 6.62. The lowest BCUT2D eigenvalue weighted by atomic mass is 9.97. The van der Waals surface area contributed by atoms with Gasteiger partial charge in [0.05, 0.1) is 0 Å². The van der Waals surface area contributed by atoms with Crippen molar-refractivity contribution in [3.63, 3.8) is 0 Å². The molecule has 1 aliphatic rings. The quantitative estimate of drug-likeness (QED) is 0.798. The maximum absolute atomic E-state index is 12.5. The van der Waals surface area contributed by atoms with Crippen molar-refractivity contribution in [1.82, 2.24) is 20.4 Å². The molecule has 142 valence electrons. The highest BCUT2D eigenvalue weighted by Gasteiger charge is 2.23. The molecule has 0 spiro atoms. The molecule has 1 atom stereocenters. The third-order valence-corrected chi connectivity index (χ3v) is 4.71. The van der Waals surface area contributed by atoms with Crippen LogP contribution in [0.3, 0.4) is 0 Å². The first-order valence-electron chi connectivity index (χ1n) is 9.06. The molecule has 4 amide bonds. The van der Waals surface area contributed by atoms with Crippen LogP contribution in [0.4, 0.5) is 4.79 Å². The van der Waals surface area contributed by atoms with E-state index in [1.807, 2.05) is 23.1 Å². The average Bonchev–Trinajstić information content (AvgIpc) is 2.67. The summed E-state index contributed by atoms with van der Waals surface area (Å²) in [6.45, 7) is 5.52. The molecule has 0 saturated carbocycles. The summed E-state index contributed by atoms with van der Waals surface area (Å²) in [5.74, 6) is 0.0908. The fourth-order valence-corrected chi connectivity index (χ4v) is 3.02. The Morgan fingerprint density at radius 2 is 1.73 bits per heavy atom. The van der Waals surface area contributed by atoms with E-state index in [0.717, 1.165) is 13.1 Å². The summed E-state index contributed by atoms with van der Waals surface area (Å²) >= 11 is 0. The van der Waals surface area contributed by atoms with Gasteiger partial charge in [-0.1, -0.05) is 37.3 Å². The van der Waals surface area contributed by atoms with Crippen LogP contribution in [-0.2, 0) is 9.59 Å². The molecule has 1 saturated heterocycles. The van der Waals surface area contributed by atoms with E-state index < -0.39 is 6.03 Å². The highest BCUT2D eigenvalue weighted by atomic mass is 16.2. The fourth-order valence-electron chi connectivity index (χ4n) is 3.02. The van der Waals surface area contributed by atoms with E-state index in [1.165, 1.54) is 12.6 Å². The highest BCUT2D eigenvalue weighted by molar-refractivity contribution is 5.94. The van der Waals surface area contributed by atoms with E-state index in [1.54, 1.807) is 0 Å². The van der Waals surface area contributed by atoms with Crippen LogP contribution < -0.4 is 10.6 Å². The van der Waals surface area contributed by atoms with Gasteiger partial charge in [0.25, 0.3) is 0 Å². The van der Waals surface area contributed by atoms with Crippen molar-refractivity contribution in [2.24, 2.45) is 0 Å². The molecule has 7 nitrogen and oxygen atoms in total. The Kier molecular flexibility index (Phi) is 7.59. The number of rotatable bonds is 6. The SMILES string of the molecule is CNC(=O)NC(=O)CCN1CCN(C(=O)C[C@H](C)c2ccccc2)CC1. The van der Waals surface area contributed by atoms with Crippen LogP contribution in [0.1, 0.15) is 31.2 Å². The monoisotopic (exact) mass is 360 g/mol. The Hall–Kier alpha value is -2.41. The summed E-state index contributed by atoms with van der Waals surface area (Å²) in [6, 6.07) is 9.59. The molecule has 0 aromatic heterocycles. The second kappa shape index (κ2) is 9.91. The first kappa shape index (κ1) is 19.9. The molecule has 0 aliphatic carbocycles. The number of carbonyl (C=O) groups excluding carboxylic acids is 3. The van der Waals surface area contributed by atoms with Crippen LogP contribution in [0.2, 0.25) is 0 Å². The maximum atomic E-state index is 12.5. The van der Waals surface area contributed by atoms with Gasteiger partial charge in [0.2, 0.25) is 11.8 Å². The van der Waals surface area contributed by atoms with Gasteiger partial charge in [-0.2, -0.15) is 0 Å². The van der Waals surface area contributed by atoms with E-state index >= 15 is 0 Å². The lowest BCUT2D eigenvalue weighted by Crippen LogP contribution is -2.49. The zero-order valence-electron chi connectivity index (χ0n) is 15.5. The van der Waals surface area contributed by atoms with Gasteiger partial charge in [-0.15, -0.1) is 0 Å². The Balaban J connectivity index is 1.70. The predicted octanol–water partition coefficient (Wildman–Crippen LogP) is 1.17. The molecular weight excluding hydrogens is 332 g/mol. The normalized spacial score (nSPS) is 16.0. The number of nitrogens with zero attached hydrogens (tertiary/aromatic N) is 2. The molecule has 2 N–H and O–H groups in total. The Labute approximate surface area is 154 Å². The van der Waals surface area contributed by atoms with Gasteiger partial charge in [0.1, 0.15) is 0 Å². The lowest BCUT2D eigenvalue weighted by Gasteiger charge is -2.35. The molecule has 1 aliphatic heterocycles. The third-order valence-electron chi connectivity index (χ3n) is 4.71. The highest BCUT2D eigenvalue weighted by Crippen LogP contribution is 2.20. The summed E-state index contributed by atoms with van der Waals surface area (Å²) in [7, 11) is 1.47. The standard InChI is InChI=1S/C19H28N4O3/c1-15(16-6-4-3-5-7-16)14-18(25)23-12-10-22(11-13-23)9-8-17(24)21-19(26)20-2/h3-7,15H,8-14H2,1-2H3,(H2,20,21,24,26)/t15-/m0/s1. The van der Waals surface area contributed by atoms with Crippen LogP contribution in [0.5, 0.6) is 0 Å². The number of nitrogens with one attached hydrogen (secondary N) is 2. The van der Waals surface area contributed by atoms with Crippen molar-refractivity contribution < 1.29 is 14.4 Å². The smallest absolute Gasteiger partial charge is 0.321 e. The summed E-state index contributed by atoms with van der Waals surface area (Å²) in [6.07, 6.45) is 0.783. The topological polar surface area (TPSA) is 81.8 Å². The number of piperazine rings is 1. The summed E-state index contributed by atoms with van der Waals surface area (Å²) in [4.78, 5) is 39.3. The molecule has 26 heavy (non-hydrogen) atoms. The van der Waals surface area contributed by atoms with Gasteiger partial charge in [-0.25, -0.2) is 4.79 Å². The largest absolute Gasteiger partial charge is 0.341 e. The number of urea groups is 1. The number of imide groups is 1. The minimum Gasteiger partial charge on any atom is -0.341 e. The van der Waals surface area contributed by atoms with E-state index in [-0.39, 0.29) is 24.2 Å². The van der Waals surface area contributed by atoms with Crippen LogP contribution in [0, 0.1) is 0 Å². The molecule has 1 aromatic carbocycles. The van der Waals surface area contributed by atoms with Crippen molar-refractivity contribution in [1.29, 1.82) is 0 Å². The van der Waals surface area contributed by atoms with E-state index in [9.17, 15) is 14.4 Å². The van der Waals surface area contributed by atoms with Crippen molar-refractivity contribution in [3.05, 3.63) is 35.9 Å². The molecule has 0 bridgehead atoms. The summed E-state index contributed by atoms with van der Waals surface area (Å²) in [5.41, 5.74) is 1.18. The Morgan fingerprint density at radius 3 is 2.35 bits per heavy atom. The first-order chi connectivity index (χ1) is 12.5. The Bertz CT molecular complexity index is 612. The molecule has 0 radical (unpaired) electrons. The van der Waals surface area contributed by atoms with Crippen molar-refractivity contribution in [2.45, 2.75) is 25.7 Å². The van der Waals surface area contributed by atoms with Gasteiger partial charge in [0, 0.05) is 52.6 Å². The molecule has 1 fully saturated rings. The fraction of sp³-hybridized carbons (Fsp3) is 0.526. The zero-order chi connectivity index (χ0) is 18.9. The number of hydrogen-bond donors (Lipinski definition) is 2. The lowest BCUT2D eigenvalue weighted by molar-refractivity contribution is -0.133. The molecule has 0 unspecified atom stereocenters. The summed E-state index contributed by atoms with van der Waals surface area (Å²) < 4.78 is 0. The maximum Gasteiger partial charge on any atom is 0.321 e. The zero-order valence-corrected chi connectivity index (χ0v) is 15.5. The average molecular weight is 360 g/mol. The van der Waals surface area contributed by atoms with Gasteiger partial charge in [-0.05, 0) is 11.5 Å². The molecule has 1 heterocycles. The first-order valence-corrected chi connectivity index (χ1v) is 9.06. The van der Waals surface area contributed by atoms with Crippen LogP contribution in [-0.4, -0.2) is 67.4 Å². The third kappa shape index (κ3) is 6.15. The van der Waals surface area contributed by atoms with Crippen molar-refractivity contribution >= 4 is 17.8 Å². The van der Waals surface area contributed by atoms with E-state index in [2.05, 4.69) is 34.6 Å². The predicted molar refractivity (Wildman–Crippen MR) is 99.7 cm³/mol. The minimum atomic E-state index is -0.488. The minimum absolute atomic E-state index is 0.179. The second-order valence-electron chi connectivity index (χ2n) is 6.62. The van der Waals surface area contributed by atoms with Gasteiger partial charge in [0.15, 0.2) is 0 Å². The van der Waals surface area contributed by atoms with Crippen LogP contribution in [0.15, 0.2) is 30.3 Å². The van der Waals surface area contributed by atoms with Crippen LogP contribution >= 0.6 is 0 Å². The molecule has 2 rings (SSSR count). The van der Waals surface area contributed by atoms with E-state index in [0.29, 0.717) is 26.1 Å². The molecule has 7 heteroatoms. The van der Waals surface area contributed by atoms with Gasteiger partial charge in [-0.3, -0.25) is 19.8 Å². The molecule has 1 aromatic rings. The van der Waals surface area contributed by atoms with Crippen molar-refractivity contribution in [3.8, 4) is 0 Å². The van der Waals surface area contributed by atoms with Gasteiger partial charge >= 0.3 is 6.03 Å². The number of hydrogen-bond acceptors (Lipinski definition) is 4. The Morgan fingerprint density at radius 1 is 1.08 bits per heavy atom. The number of amides is 4. The summed E-state index contributed by atoms with van der Waals surface area (Å²) in [5, 5.41) is 4.60. The van der Waals surface area contributed by atoms with Gasteiger partial charge < -0.3 is 10.2 Å². The number of carbonyl (C=O) groups is 3. The van der Waals surface area contributed by atoms with Crippen molar-refractivity contribution in [2.75, 3.05) is 39.8 Å². The molecular formula is C19H28N4O3.